The van der Waals surface area contributed by atoms with Crippen molar-refractivity contribution in [2.24, 2.45) is 0 Å². The number of aryl methyl sites for hydroxylation is 2. The highest BCUT2D eigenvalue weighted by molar-refractivity contribution is 9.10. The van der Waals surface area contributed by atoms with Crippen LogP contribution < -0.4 is 5.73 Å². The molecule has 19 heavy (non-hydrogen) atoms. The van der Waals surface area contributed by atoms with Gasteiger partial charge in [0.25, 0.3) is 0 Å². The molecule has 0 aliphatic heterocycles. The van der Waals surface area contributed by atoms with Crippen LogP contribution in [0.3, 0.4) is 0 Å². The summed E-state index contributed by atoms with van der Waals surface area (Å²) in [6, 6.07) is 12.4. The van der Waals surface area contributed by atoms with Crippen molar-refractivity contribution >= 4 is 32.9 Å². The number of nitrogens with two attached hydrogens (primary N) is 1. The average Bonchev–Trinajstić information content (AvgIpc) is 2.68. The van der Waals surface area contributed by atoms with Crippen molar-refractivity contribution in [3.63, 3.8) is 0 Å². The zero-order valence-electron chi connectivity index (χ0n) is 10.8. The molecule has 3 aromatic rings. The molecular weight excluding hydrogens is 302 g/mol. The third-order valence-corrected chi connectivity index (χ3v) is 3.85. The first-order valence-corrected chi connectivity index (χ1v) is 6.86. The molecule has 3 rings (SSSR count). The van der Waals surface area contributed by atoms with Crippen molar-refractivity contribution in [3.05, 3.63) is 52.0 Å². The zero-order valence-corrected chi connectivity index (χ0v) is 12.4. The maximum absolute atomic E-state index is 6.09. The van der Waals surface area contributed by atoms with E-state index in [1.54, 1.807) is 0 Å². The van der Waals surface area contributed by atoms with Gasteiger partial charge in [0.05, 0.1) is 16.7 Å². The summed E-state index contributed by atoms with van der Waals surface area (Å²) in [4.78, 5) is 4.42. The van der Waals surface area contributed by atoms with Gasteiger partial charge in [-0.25, -0.2) is 4.98 Å². The fraction of sp³-hybridized carbons (Fsp3) is 0.133. The Morgan fingerprint density at radius 3 is 2.53 bits per heavy atom. The number of fused-ring (bicyclic) bond motifs is 1. The van der Waals surface area contributed by atoms with Crippen molar-refractivity contribution in [3.8, 4) is 5.69 Å². The third kappa shape index (κ3) is 2.02. The highest BCUT2D eigenvalue weighted by Gasteiger charge is 2.12. The van der Waals surface area contributed by atoms with Crippen LogP contribution in [0.2, 0.25) is 0 Å². The minimum absolute atomic E-state index is 0.506. The van der Waals surface area contributed by atoms with E-state index in [2.05, 4.69) is 53.0 Å². The van der Waals surface area contributed by atoms with Gasteiger partial charge in [0, 0.05) is 4.47 Å². The van der Waals surface area contributed by atoms with E-state index in [4.69, 9.17) is 5.73 Å². The Labute approximate surface area is 120 Å². The van der Waals surface area contributed by atoms with Crippen molar-refractivity contribution in [2.75, 3.05) is 5.73 Å². The SMILES string of the molecule is Cc1ccc(Br)c(-n2c(N)nc3ccc(C)cc32)c1. The van der Waals surface area contributed by atoms with Crippen molar-refractivity contribution in [1.82, 2.24) is 9.55 Å². The van der Waals surface area contributed by atoms with Crippen LogP contribution in [0.4, 0.5) is 5.95 Å². The highest BCUT2D eigenvalue weighted by atomic mass is 79.9. The summed E-state index contributed by atoms with van der Waals surface area (Å²) in [7, 11) is 0. The summed E-state index contributed by atoms with van der Waals surface area (Å²) in [5.74, 6) is 0.506. The van der Waals surface area contributed by atoms with E-state index in [0.29, 0.717) is 5.95 Å². The van der Waals surface area contributed by atoms with Gasteiger partial charge in [-0.2, -0.15) is 0 Å². The molecule has 0 unspecified atom stereocenters. The van der Waals surface area contributed by atoms with Crippen LogP contribution >= 0.6 is 15.9 Å². The fourth-order valence-electron chi connectivity index (χ4n) is 2.25. The Hall–Kier alpha value is -1.81. The van der Waals surface area contributed by atoms with Gasteiger partial charge in [0.15, 0.2) is 0 Å². The number of nitrogens with zero attached hydrogens (tertiary/aromatic N) is 2. The van der Waals surface area contributed by atoms with Crippen molar-refractivity contribution < 1.29 is 0 Å². The molecule has 0 fully saturated rings. The Morgan fingerprint density at radius 1 is 1.05 bits per heavy atom. The van der Waals surface area contributed by atoms with E-state index in [0.717, 1.165) is 21.2 Å². The van der Waals surface area contributed by atoms with E-state index in [9.17, 15) is 0 Å². The molecule has 0 aliphatic carbocycles. The lowest BCUT2D eigenvalue weighted by Gasteiger charge is -2.10. The van der Waals surface area contributed by atoms with Gasteiger partial charge in [-0.05, 0) is 65.2 Å². The molecule has 0 amide bonds. The second-order valence-electron chi connectivity index (χ2n) is 4.75. The number of rotatable bonds is 1. The quantitative estimate of drug-likeness (QED) is 0.738. The van der Waals surface area contributed by atoms with Gasteiger partial charge in [0.2, 0.25) is 5.95 Å². The largest absolute Gasteiger partial charge is 0.369 e. The molecule has 96 valence electrons. The van der Waals surface area contributed by atoms with Gasteiger partial charge in [0.1, 0.15) is 0 Å². The molecule has 1 heterocycles. The van der Waals surface area contributed by atoms with Crippen LogP contribution in [-0.4, -0.2) is 9.55 Å². The molecule has 4 heteroatoms. The number of benzene rings is 2. The van der Waals surface area contributed by atoms with Crippen LogP contribution in [0.1, 0.15) is 11.1 Å². The van der Waals surface area contributed by atoms with Crippen LogP contribution in [0, 0.1) is 13.8 Å². The maximum Gasteiger partial charge on any atom is 0.205 e. The van der Waals surface area contributed by atoms with Gasteiger partial charge in [-0.1, -0.05) is 12.1 Å². The molecule has 1 aromatic heterocycles. The molecule has 0 saturated heterocycles. The number of halogens is 1. The lowest BCUT2D eigenvalue weighted by molar-refractivity contribution is 1.09. The Balaban J connectivity index is 2.38. The number of nitrogen functional groups attached to an aromatic ring is 1. The number of hydrogen-bond donors (Lipinski definition) is 1. The van der Waals surface area contributed by atoms with Gasteiger partial charge in [-0.3, -0.25) is 4.57 Å². The smallest absolute Gasteiger partial charge is 0.205 e. The third-order valence-electron chi connectivity index (χ3n) is 3.18. The van der Waals surface area contributed by atoms with E-state index in [1.165, 1.54) is 11.1 Å². The fourth-order valence-corrected chi connectivity index (χ4v) is 2.68. The first-order chi connectivity index (χ1) is 9.06. The van der Waals surface area contributed by atoms with E-state index >= 15 is 0 Å². The van der Waals surface area contributed by atoms with Crippen LogP contribution in [-0.2, 0) is 0 Å². The lowest BCUT2D eigenvalue weighted by atomic mass is 10.2. The first-order valence-electron chi connectivity index (χ1n) is 6.07. The normalized spacial score (nSPS) is 11.1. The molecule has 0 spiro atoms. The van der Waals surface area contributed by atoms with Crippen LogP contribution in [0.15, 0.2) is 40.9 Å². The van der Waals surface area contributed by atoms with Crippen LogP contribution in [0.25, 0.3) is 16.7 Å². The molecule has 0 atom stereocenters. The Bertz CT molecular complexity index is 774. The summed E-state index contributed by atoms with van der Waals surface area (Å²) in [5.41, 5.74) is 11.4. The van der Waals surface area contributed by atoms with Crippen molar-refractivity contribution in [2.45, 2.75) is 13.8 Å². The molecular formula is C15H14BrN3. The number of hydrogen-bond acceptors (Lipinski definition) is 2. The first kappa shape index (κ1) is 12.2. The molecule has 0 radical (unpaired) electrons. The lowest BCUT2D eigenvalue weighted by Crippen LogP contribution is -2.01. The summed E-state index contributed by atoms with van der Waals surface area (Å²) in [6.45, 7) is 4.13. The minimum Gasteiger partial charge on any atom is -0.369 e. The minimum atomic E-state index is 0.506. The topological polar surface area (TPSA) is 43.8 Å². The monoisotopic (exact) mass is 315 g/mol. The predicted molar refractivity (Wildman–Crippen MR) is 82.7 cm³/mol. The van der Waals surface area contributed by atoms with Crippen LogP contribution in [0.5, 0.6) is 0 Å². The van der Waals surface area contributed by atoms with Gasteiger partial charge < -0.3 is 5.73 Å². The predicted octanol–water partition coefficient (Wildman–Crippen LogP) is 3.99. The molecule has 0 aliphatic rings. The van der Waals surface area contributed by atoms with Gasteiger partial charge >= 0.3 is 0 Å². The van der Waals surface area contributed by atoms with Crippen molar-refractivity contribution in [1.29, 1.82) is 0 Å². The summed E-state index contributed by atoms with van der Waals surface area (Å²) in [6.07, 6.45) is 0. The second kappa shape index (κ2) is 4.38. The molecule has 0 saturated carbocycles. The van der Waals surface area contributed by atoms with E-state index in [1.807, 2.05) is 22.8 Å². The molecule has 2 N–H and O–H groups in total. The summed E-state index contributed by atoms with van der Waals surface area (Å²) >= 11 is 3.59. The average molecular weight is 316 g/mol. The maximum atomic E-state index is 6.09. The standard InChI is InChI=1S/C15H14BrN3/c1-9-3-5-11(16)13(7-9)19-14-8-10(2)4-6-12(14)18-15(19)17/h3-8H,1-2H3,(H2,17,18). The van der Waals surface area contributed by atoms with Gasteiger partial charge in [-0.15, -0.1) is 0 Å². The molecule has 0 bridgehead atoms. The number of aromatic nitrogens is 2. The molecule has 2 aromatic carbocycles. The second-order valence-corrected chi connectivity index (χ2v) is 5.61. The zero-order chi connectivity index (χ0) is 13.6. The Kier molecular flexibility index (Phi) is 2.82. The molecule has 3 nitrogen and oxygen atoms in total. The Morgan fingerprint density at radius 2 is 1.74 bits per heavy atom. The highest BCUT2D eigenvalue weighted by Crippen LogP contribution is 2.29. The number of anilines is 1. The summed E-state index contributed by atoms with van der Waals surface area (Å²) < 4.78 is 2.99. The summed E-state index contributed by atoms with van der Waals surface area (Å²) in [5, 5.41) is 0. The van der Waals surface area contributed by atoms with E-state index < -0.39 is 0 Å². The van der Waals surface area contributed by atoms with E-state index in [-0.39, 0.29) is 0 Å². The number of imidazole rings is 1.